The minimum Gasteiger partial charge on any atom is -0.383 e. The number of amides is 1. The number of hydrogen-bond acceptors (Lipinski definition) is 2. The minimum absolute atomic E-state index is 0.0398. The van der Waals surface area contributed by atoms with Gasteiger partial charge in [0.1, 0.15) is 0 Å². The highest BCUT2D eigenvalue weighted by Gasteiger charge is 2.14. The predicted octanol–water partition coefficient (Wildman–Crippen LogP) is 2.40. The summed E-state index contributed by atoms with van der Waals surface area (Å²) in [6, 6.07) is 3.61. The van der Waals surface area contributed by atoms with E-state index in [2.05, 4.69) is 10.6 Å². The first-order chi connectivity index (χ1) is 6.68. The smallest absolute Gasteiger partial charge is 0.226 e. The Morgan fingerprint density at radius 3 is 3.00 bits per heavy atom. The Hall–Kier alpha value is -1.22. The Labute approximate surface area is 87.4 Å². The van der Waals surface area contributed by atoms with Gasteiger partial charge in [-0.15, -0.1) is 0 Å². The van der Waals surface area contributed by atoms with Gasteiger partial charge >= 0.3 is 0 Å². The Kier molecular flexibility index (Phi) is 2.33. The maximum atomic E-state index is 11.3. The summed E-state index contributed by atoms with van der Waals surface area (Å²) >= 11 is 5.98. The number of halogens is 1. The molecule has 0 aliphatic carbocycles. The van der Waals surface area contributed by atoms with Crippen LogP contribution in [-0.4, -0.2) is 12.5 Å². The molecular formula is C10H11ClN2O. The van der Waals surface area contributed by atoms with Crippen LogP contribution in [0.25, 0.3) is 0 Å². The summed E-state index contributed by atoms with van der Waals surface area (Å²) in [5.74, 6) is 0.0398. The lowest BCUT2D eigenvalue weighted by Gasteiger charge is -2.11. The van der Waals surface area contributed by atoms with E-state index in [4.69, 9.17) is 11.6 Å². The van der Waals surface area contributed by atoms with Crippen LogP contribution in [0, 0.1) is 6.92 Å². The van der Waals surface area contributed by atoms with Gasteiger partial charge in [0.25, 0.3) is 0 Å². The molecule has 0 fully saturated rings. The fourth-order valence-electron chi connectivity index (χ4n) is 1.53. The van der Waals surface area contributed by atoms with Crippen molar-refractivity contribution >= 4 is 28.9 Å². The van der Waals surface area contributed by atoms with E-state index in [0.717, 1.165) is 16.9 Å². The minimum atomic E-state index is 0.0398. The molecule has 4 heteroatoms. The third kappa shape index (κ3) is 1.55. The lowest BCUT2D eigenvalue weighted by Crippen LogP contribution is -2.10. The standard InChI is InChI=1S/C10H11ClN2O/c1-6-7(11)2-3-8-10(6)12-5-4-9(14)13-8/h2-3,12H,4-5H2,1H3,(H,13,14). The normalized spacial score (nSPS) is 15.1. The van der Waals surface area contributed by atoms with Gasteiger partial charge in [0.05, 0.1) is 11.4 Å². The number of anilines is 2. The van der Waals surface area contributed by atoms with Crippen molar-refractivity contribution < 1.29 is 4.79 Å². The molecule has 0 unspecified atom stereocenters. The zero-order chi connectivity index (χ0) is 10.1. The lowest BCUT2D eigenvalue weighted by molar-refractivity contribution is -0.115. The molecular weight excluding hydrogens is 200 g/mol. The van der Waals surface area contributed by atoms with Gasteiger partial charge in [-0.3, -0.25) is 4.79 Å². The lowest BCUT2D eigenvalue weighted by atomic mass is 10.1. The maximum absolute atomic E-state index is 11.3. The molecule has 1 amide bonds. The molecule has 1 aliphatic rings. The van der Waals surface area contributed by atoms with Crippen LogP contribution in [-0.2, 0) is 4.79 Å². The summed E-state index contributed by atoms with van der Waals surface area (Å²) in [4.78, 5) is 11.3. The number of rotatable bonds is 0. The molecule has 2 N–H and O–H groups in total. The van der Waals surface area contributed by atoms with E-state index >= 15 is 0 Å². The van der Waals surface area contributed by atoms with Gasteiger partial charge in [0.2, 0.25) is 5.91 Å². The molecule has 1 aromatic carbocycles. The zero-order valence-electron chi connectivity index (χ0n) is 7.86. The zero-order valence-corrected chi connectivity index (χ0v) is 8.61. The van der Waals surface area contributed by atoms with Crippen molar-refractivity contribution in [3.05, 3.63) is 22.7 Å². The third-order valence-electron chi connectivity index (χ3n) is 2.33. The fourth-order valence-corrected chi connectivity index (χ4v) is 1.69. The first-order valence-electron chi connectivity index (χ1n) is 4.51. The van der Waals surface area contributed by atoms with Crippen LogP contribution in [0.3, 0.4) is 0 Å². The Bertz CT molecular complexity index is 390. The highest BCUT2D eigenvalue weighted by molar-refractivity contribution is 6.32. The molecule has 14 heavy (non-hydrogen) atoms. The van der Waals surface area contributed by atoms with E-state index in [1.165, 1.54) is 0 Å². The van der Waals surface area contributed by atoms with Crippen LogP contribution in [0.2, 0.25) is 5.02 Å². The van der Waals surface area contributed by atoms with E-state index in [9.17, 15) is 4.79 Å². The molecule has 0 saturated heterocycles. The number of carbonyl (C=O) groups is 1. The first kappa shape index (κ1) is 9.34. The second kappa shape index (κ2) is 3.50. The van der Waals surface area contributed by atoms with Crippen LogP contribution in [0.1, 0.15) is 12.0 Å². The second-order valence-corrected chi connectivity index (χ2v) is 3.73. The van der Waals surface area contributed by atoms with Crippen molar-refractivity contribution in [2.75, 3.05) is 17.2 Å². The van der Waals surface area contributed by atoms with Gasteiger partial charge in [-0.2, -0.15) is 0 Å². The molecule has 0 aromatic heterocycles. The molecule has 0 radical (unpaired) electrons. The number of fused-ring (bicyclic) bond motifs is 1. The Morgan fingerprint density at radius 2 is 2.21 bits per heavy atom. The van der Waals surface area contributed by atoms with Crippen molar-refractivity contribution in [1.82, 2.24) is 0 Å². The summed E-state index contributed by atoms with van der Waals surface area (Å²) in [5.41, 5.74) is 2.73. The molecule has 1 aliphatic heterocycles. The monoisotopic (exact) mass is 210 g/mol. The quantitative estimate of drug-likeness (QED) is 0.691. The van der Waals surface area contributed by atoms with Gasteiger partial charge in [0, 0.05) is 18.0 Å². The number of hydrogen-bond donors (Lipinski definition) is 2. The Morgan fingerprint density at radius 1 is 1.43 bits per heavy atom. The molecule has 1 aromatic rings. The predicted molar refractivity (Wildman–Crippen MR) is 57.9 cm³/mol. The van der Waals surface area contributed by atoms with E-state index in [-0.39, 0.29) is 5.91 Å². The summed E-state index contributed by atoms with van der Waals surface area (Å²) in [6.07, 6.45) is 0.492. The van der Waals surface area contributed by atoms with Crippen LogP contribution < -0.4 is 10.6 Å². The summed E-state index contributed by atoms with van der Waals surface area (Å²) in [5, 5.41) is 6.74. The van der Waals surface area contributed by atoms with Gasteiger partial charge in [0.15, 0.2) is 0 Å². The third-order valence-corrected chi connectivity index (χ3v) is 2.74. The fraction of sp³-hybridized carbons (Fsp3) is 0.300. The highest BCUT2D eigenvalue weighted by Crippen LogP contribution is 2.32. The summed E-state index contributed by atoms with van der Waals surface area (Å²) in [7, 11) is 0. The first-order valence-corrected chi connectivity index (χ1v) is 4.89. The largest absolute Gasteiger partial charge is 0.383 e. The number of nitrogens with one attached hydrogen (secondary N) is 2. The Balaban J connectivity index is 2.50. The van der Waals surface area contributed by atoms with E-state index in [1.807, 2.05) is 13.0 Å². The average Bonchev–Trinajstić information content (AvgIpc) is 2.34. The molecule has 1 heterocycles. The highest BCUT2D eigenvalue weighted by atomic mass is 35.5. The van der Waals surface area contributed by atoms with Gasteiger partial charge in [-0.25, -0.2) is 0 Å². The molecule has 2 rings (SSSR count). The molecule has 0 saturated carbocycles. The van der Waals surface area contributed by atoms with Gasteiger partial charge in [-0.1, -0.05) is 11.6 Å². The summed E-state index contributed by atoms with van der Waals surface area (Å²) < 4.78 is 0. The topological polar surface area (TPSA) is 41.1 Å². The van der Waals surface area contributed by atoms with Crippen LogP contribution >= 0.6 is 11.6 Å². The van der Waals surface area contributed by atoms with Crippen LogP contribution in [0.15, 0.2) is 12.1 Å². The summed E-state index contributed by atoms with van der Waals surface area (Å²) in [6.45, 7) is 2.59. The average molecular weight is 211 g/mol. The van der Waals surface area contributed by atoms with Crippen molar-refractivity contribution in [2.24, 2.45) is 0 Å². The van der Waals surface area contributed by atoms with Crippen LogP contribution in [0.5, 0.6) is 0 Å². The maximum Gasteiger partial charge on any atom is 0.226 e. The molecule has 0 spiro atoms. The number of benzene rings is 1. The van der Waals surface area contributed by atoms with E-state index < -0.39 is 0 Å². The second-order valence-electron chi connectivity index (χ2n) is 3.32. The van der Waals surface area contributed by atoms with Crippen molar-refractivity contribution in [3.63, 3.8) is 0 Å². The molecule has 74 valence electrons. The molecule has 0 bridgehead atoms. The van der Waals surface area contributed by atoms with Crippen molar-refractivity contribution in [2.45, 2.75) is 13.3 Å². The van der Waals surface area contributed by atoms with E-state index in [1.54, 1.807) is 6.07 Å². The molecule has 3 nitrogen and oxygen atoms in total. The van der Waals surface area contributed by atoms with E-state index in [0.29, 0.717) is 18.0 Å². The SMILES string of the molecule is Cc1c(Cl)ccc2c1NCCC(=O)N2. The van der Waals surface area contributed by atoms with Gasteiger partial charge < -0.3 is 10.6 Å². The molecule has 0 atom stereocenters. The van der Waals surface area contributed by atoms with Gasteiger partial charge in [-0.05, 0) is 24.6 Å². The van der Waals surface area contributed by atoms with Crippen LogP contribution in [0.4, 0.5) is 11.4 Å². The van der Waals surface area contributed by atoms with Crippen molar-refractivity contribution in [1.29, 1.82) is 0 Å². The van der Waals surface area contributed by atoms with Crippen molar-refractivity contribution in [3.8, 4) is 0 Å². The number of carbonyl (C=O) groups excluding carboxylic acids is 1.